The van der Waals surface area contributed by atoms with E-state index < -0.39 is 15.7 Å². The van der Waals surface area contributed by atoms with Crippen molar-refractivity contribution in [3.63, 3.8) is 0 Å². The third-order valence-electron chi connectivity index (χ3n) is 2.90. The second-order valence-electron chi connectivity index (χ2n) is 4.73. The Bertz CT molecular complexity index is 585. The molecule has 6 nitrogen and oxygen atoms in total. The van der Waals surface area contributed by atoms with E-state index in [1.807, 2.05) is 6.92 Å². The van der Waals surface area contributed by atoms with Crippen LogP contribution in [0.1, 0.15) is 19.8 Å². The second kappa shape index (κ2) is 6.60. The summed E-state index contributed by atoms with van der Waals surface area (Å²) in [6.45, 7) is 2.74. The van der Waals surface area contributed by atoms with E-state index in [1.54, 1.807) is 11.0 Å². The number of primary amides is 1. The number of hydrogen-bond donors (Lipinski definition) is 2. The maximum absolute atomic E-state index is 11.5. The highest BCUT2D eigenvalue weighted by molar-refractivity contribution is 7.90. The molecule has 7 heteroatoms. The second-order valence-corrected chi connectivity index (χ2v) is 6.75. The molecule has 1 rings (SSSR count). The van der Waals surface area contributed by atoms with Gasteiger partial charge in [-0.25, -0.2) is 8.42 Å². The minimum absolute atomic E-state index is 0.0580. The molecule has 1 aromatic carbocycles. The number of nitrogen functional groups attached to an aromatic ring is 1. The van der Waals surface area contributed by atoms with Gasteiger partial charge < -0.3 is 16.4 Å². The molecule has 0 aliphatic rings. The summed E-state index contributed by atoms with van der Waals surface area (Å²) in [7, 11) is -3.30. The zero-order chi connectivity index (χ0) is 15.3. The van der Waals surface area contributed by atoms with E-state index in [0.717, 1.165) is 19.1 Å². The molecule has 0 bridgehead atoms. The van der Waals surface area contributed by atoms with Gasteiger partial charge in [0.2, 0.25) is 5.91 Å². The van der Waals surface area contributed by atoms with E-state index in [2.05, 4.69) is 0 Å². The fraction of sp³-hybridized carbons (Fsp3) is 0.462. The predicted octanol–water partition coefficient (Wildman–Crippen LogP) is 0.764. The van der Waals surface area contributed by atoms with Crippen molar-refractivity contribution in [2.24, 2.45) is 5.73 Å². The van der Waals surface area contributed by atoms with Gasteiger partial charge in [0.25, 0.3) is 0 Å². The Labute approximate surface area is 119 Å². The highest BCUT2D eigenvalue weighted by Crippen LogP contribution is 2.26. The van der Waals surface area contributed by atoms with Crippen LogP contribution >= 0.6 is 0 Å². The Balaban J connectivity index is 3.10. The number of rotatable bonds is 7. The Kier molecular flexibility index (Phi) is 5.38. The fourth-order valence-electron chi connectivity index (χ4n) is 1.87. The largest absolute Gasteiger partial charge is 0.397 e. The normalized spacial score (nSPS) is 11.3. The van der Waals surface area contributed by atoms with E-state index in [0.29, 0.717) is 17.9 Å². The first-order valence-electron chi connectivity index (χ1n) is 6.38. The maximum Gasteiger partial charge on any atom is 0.236 e. The van der Waals surface area contributed by atoms with E-state index in [-0.39, 0.29) is 11.4 Å². The molecule has 0 radical (unpaired) electrons. The van der Waals surface area contributed by atoms with Crippen molar-refractivity contribution in [3.8, 4) is 0 Å². The van der Waals surface area contributed by atoms with Gasteiger partial charge >= 0.3 is 0 Å². The number of nitrogens with two attached hydrogens (primary N) is 2. The number of amides is 1. The van der Waals surface area contributed by atoms with Crippen molar-refractivity contribution in [1.29, 1.82) is 0 Å². The number of hydrogen-bond acceptors (Lipinski definition) is 5. The molecule has 0 unspecified atom stereocenters. The Hall–Kier alpha value is -1.76. The number of carbonyl (C=O) groups is 1. The first kappa shape index (κ1) is 16.3. The van der Waals surface area contributed by atoms with E-state index >= 15 is 0 Å². The van der Waals surface area contributed by atoms with Crippen LogP contribution < -0.4 is 16.4 Å². The van der Waals surface area contributed by atoms with Crippen LogP contribution in [0.4, 0.5) is 11.4 Å². The first-order chi connectivity index (χ1) is 9.25. The van der Waals surface area contributed by atoms with Gasteiger partial charge in [0.15, 0.2) is 9.84 Å². The summed E-state index contributed by atoms with van der Waals surface area (Å²) >= 11 is 0. The minimum atomic E-state index is -3.30. The quantitative estimate of drug-likeness (QED) is 0.723. The SMILES string of the molecule is CCCCN(CC(N)=O)c1ccc(S(C)(=O)=O)cc1N. The van der Waals surface area contributed by atoms with Crippen molar-refractivity contribution >= 4 is 27.1 Å². The highest BCUT2D eigenvalue weighted by Gasteiger charge is 2.15. The maximum atomic E-state index is 11.5. The van der Waals surface area contributed by atoms with Gasteiger partial charge in [0.05, 0.1) is 22.8 Å². The van der Waals surface area contributed by atoms with Gasteiger partial charge in [-0.15, -0.1) is 0 Å². The molecule has 0 saturated heterocycles. The smallest absolute Gasteiger partial charge is 0.236 e. The van der Waals surface area contributed by atoms with Crippen LogP contribution in [0.2, 0.25) is 0 Å². The van der Waals surface area contributed by atoms with E-state index in [1.165, 1.54) is 12.1 Å². The molecule has 112 valence electrons. The van der Waals surface area contributed by atoms with Crippen molar-refractivity contribution in [3.05, 3.63) is 18.2 Å². The molecule has 20 heavy (non-hydrogen) atoms. The molecule has 0 saturated carbocycles. The topological polar surface area (TPSA) is 106 Å². The number of nitrogens with zero attached hydrogens (tertiary/aromatic N) is 1. The molecule has 0 fully saturated rings. The molecule has 0 aromatic heterocycles. The summed E-state index contributed by atoms with van der Waals surface area (Å²) in [6.07, 6.45) is 2.98. The monoisotopic (exact) mass is 299 g/mol. The third kappa shape index (κ3) is 4.41. The number of sulfone groups is 1. The fourth-order valence-corrected chi connectivity index (χ4v) is 2.53. The Morgan fingerprint density at radius 2 is 2.00 bits per heavy atom. The summed E-state index contributed by atoms with van der Waals surface area (Å²) in [5.41, 5.74) is 12.1. The molecular formula is C13H21N3O3S. The van der Waals surface area contributed by atoms with Gasteiger partial charge in [-0.05, 0) is 24.6 Å². The summed E-state index contributed by atoms with van der Waals surface area (Å²) in [4.78, 5) is 13.1. The van der Waals surface area contributed by atoms with Crippen molar-refractivity contribution in [2.45, 2.75) is 24.7 Å². The molecule has 0 atom stereocenters. The lowest BCUT2D eigenvalue weighted by Gasteiger charge is -2.25. The lowest BCUT2D eigenvalue weighted by molar-refractivity contribution is -0.116. The van der Waals surface area contributed by atoms with Crippen LogP contribution in [0.15, 0.2) is 23.1 Å². The molecule has 1 aromatic rings. The van der Waals surface area contributed by atoms with E-state index in [9.17, 15) is 13.2 Å². The minimum Gasteiger partial charge on any atom is -0.397 e. The Morgan fingerprint density at radius 3 is 2.45 bits per heavy atom. The molecule has 0 spiro atoms. The van der Waals surface area contributed by atoms with Gasteiger partial charge in [0, 0.05) is 12.8 Å². The predicted molar refractivity (Wildman–Crippen MR) is 80.3 cm³/mol. The average Bonchev–Trinajstić information content (AvgIpc) is 2.33. The zero-order valence-electron chi connectivity index (χ0n) is 11.8. The van der Waals surface area contributed by atoms with E-state index in [4.69, 9.17) is 11.5 Å². The molecule has 0 aliphatic heterocycles. The summed E-state index contributed by atoms with van der Waals surface area (Å²) in [6, 6.07) is 4.51. The number of anilines is 2. The van der Waals surface area contributed by atoms with Crippen LogP contribution in [-0.4, -0.2) is 33.7 Å². The van der Waals surface area contributed by atoms with Crippen molar-refractivity contribution in [2.75, 3.05) is 30.0 Å². The Morgan fingerprint density at radius 1 is 1.35 bits per heavy atom. The van der Waals surface area contributed by atoms with Crippen LogP contribution in [0.3, 0.4) is 0 Å². The number of carbonyl (C=O) groups excluding carboxylic acids is 1. The van der Waals surface area contributed by atoms with Crippen LogP contribution in [0.25, 0.3) is 0 Å². The standard InChI is InChI=1S/C13H21N3O3S/c1-3-4-7-16(9-13(15)17)12-6-5-10(8-11(12)14)20(2,18)19/h5-6,8H,3-4,7,9,14H2,1-2H3,(H2,15,17). The number of benzene rings is 1. The van der Waals surface area contributed by atoms with Crippen LogP contribution in [0, 0.1) is 0 Å². The molecule has 0 heterocycles. The van der Waals surface area contributed by atoms with Crippen LogP contribution in [0.5, 0.6) is 0 Å². The summed E-state index contributed by atoms with van der Waals surface area (Å²) in [5.74, 6) is -0.451. The van der Waals surface area contributed by atoms with Crippen molar-refractivity contribution in [1.82, 2.24) is 0 Å². The van der Waals surface area contributed by atoms with Gasteiger partial charge in [-0.3, -0.25) is 4.79 Å². The molecule has 0 aliphatic carbocycles. The molecular weight excluding hydrogens is 278 g/mol. The third-order valence-corrected chi connectivity index (χ3v) is 4.01. The summed E-state index contributed by atoms with van der Waals surface area (Å²) < 4.78 is 22.9. The lowest BCUT2D eigenvalue weighted by atomic mass is 10.2. The zero-order valence-corrected chi connectivity index (χ0v) is 12.6. The highest BCUT2D eigenvalue weighted by atomic mass is 32.2. The van der Waals surface area contributed by atoms with Gasteiger partial charge in [-0.2, -0.15) is 0 Å². The molecule has 1 amide bonds. The van der Waals surface area contributed by atoms with Gasteiger partial charge in [-0.1, -0.05) is 13.3 Å². The van der Waals surface area contributed by atoms with Crippen molar-refractivity contribution < 1.29 is 13.2 Å². The molecule has 4 N–H and O–H groups in total. The first-order valence-corrected chi connectivity index (χ1v) is 8.27. The van der Waals surface area contributed by atoms with Crippen LogP contribution in [-0.2, 0) is 14.6 Å². The lowest BCUT2D eigenvalue weighted by Crippen LogP contribution is -2.35. The average molecular weight is 299 g/mol. The number of unbranched alkanes of at least 4 members (excludes halogenated alkanes) is 1. The summed E-state index contributed by atoms with van der Waals surface area (Å²) in [5, 5.41) is 0. The van der Waals surface area contributed by atoms with Gasteiger partial charge in [0.1, 0.15) is 0 Å².